The van der Waals surface area contributed by atoms with Gasteiger partial charge in [0.1, 0.15) is 11.2 Å². The summed E-state index contributed by atoms with van der Waals surface area (Å²) in [6, 6.07) is 61.1. The number of rotatable bonds is 5. The molecule has 0 aliphatic carbocycles. The van der Waals surface area contributed by atoms with Gasteiger partial charge in [0, 0.05) is 27.5 Å². The van der Waals surface area contributed by atoms with Gasteiger partial charge in [0.05, 0.1) is 0 Å². The second-order valence-electron chi connectivity index (χ2n) is 12.8. The van der Waals surface area contributed by atoms with Crippen molar-refractivity contribution in [3.63, 3.8) is 0 Å². The molecule has 0 spiro atoms. The molecule has 2 heterocycles. The minimum absolute atomic E-state index is 0.604. The summed E-state index contributed by atoms with van der Waals surface area (Å²) in [4.78, 5) is 15.3. The fourth-order valence-corrected chi connectivity index (χ4v) is 7.36. The largest absolute Gasteiger partial charge is 0.456 e. The molecule has 0 atom stereocenters. The topological polar surface area (TPSA) is 51.8 Å². The van der Waals surface area contributed by atoms with Crippen molar-refractivity contribution in [2.75, 3.05) is 0 Å². The van der Waals surface area contributed by atoms with Crippen molar-refractivity contribution >= 4 is 43.5 Å². The van der Waals surface area contributed by atoms with Gasteiger partial charge in [-0.05, 0) is 62.0 Å². The first-order valence-corrected chi connectivity index (χ1v) is 17.1. The third kappa shape index (κ3) is 4.96. The van der Waals surface area contributed by atoms with E-state index in [4.69, 9.17) is 19.4 Å². The smallest absolute Gasteiger partial charge is 0.164 e. The minimum atomic E-state index is 0.604. The van der Waals surface area contributed by atoms with Crippen molar-refractivity contribution in [2.45, 2.75) is 0 Å². The van der Waals surface area contributed by atoms with Crippen molar-refractivity contribution < 1.29 is 4.42 Å². The lowest BCUT2D eigenvalue weighted by Crippen LogP contribution is -2.00. The number of hydrogen-bond donors (Lipinski definition) is 0. The molecule has 51 heavy (non-hydrogen) atoms. The first-order valence-electron chi connectivity index (χ1n) is 17.1. The molecule has 8 aromatic carbocycles. The van der Waals surface area contributed by atoms with Crippen LogP contribution in [0.3, 0.4) is 0 Å². The van der Waals surface area contributed by atoms with E-state index in [0.717, 1.165) is 55.0 Å². The quantitative estimate of drug-likeness (QED) is 0.186. The lowest BCUT2D eigenvalue weighted by Gasteiger charge is -2.14. The second-order valence-corrected chi connectivity index (χ2v) is 12.8. The Morgan fingerprint density at radius 1 is 0.314 bits per heavy atom. The monoisotopic (exact) mass is 651 g/mol. The van der Waals surface area contributed by atoms with Crippen LogP contribution < -0.4 is 0 Å². The van der Waals surface area contributed by atoms with E-state index in [1.54, 1.807) is 0 Å². The predicted molar refractivity (Wildman–Crippen MR) is 209 cm³/mol. The number of aromatic nitrogens is 3. The summed E-state index contributed by atoms with van der Waals surface area (Å²) in [5.41, 5.74) is 9.18. The maximum atomic E-state index is 6.24. The SMILES string of the molecule is c1ccc(-c2nc(-c3ccc4cccc(-c5cccc6c(-c7ccccc7)cccc56)c4c3)nc(-c3cccc4oc5ccccc5c34)n2)cc1. The third-order valence-electron chi connectivity index (χ3n) is 9.75. The van der Waals surface area contributed by atoms with E-state index in [1.165, 1.54) is 27.5 Å². The van der Waals surface area contributed by atoms with Gasteiger partial charge in [0.15, 0.2) is 17.5 Å². The van der Waals surface area contributed by atoms with Gasteiger partial charge in [-0.1, -0.05) is 158 Å². The van der Waals surface area contributed by atoms with Gasteiger partial charge in [-0.15, -0.1) is 0 Å². The van der Waals surface area contributed by atoms with E-state index in [1.807, 2.05) is 60.7 Å². The number of fused-ring (bicyclic) bond motifs is 5. The van der Waals surface area contributed by atoms with Crippen LogP contribution in [0.4, 0.5) is 0 Å². The molecule has 0 bridgehead atoms. The Balaban J connectivity index is 1.18. The fourth-order valence-electron chi connectivity index (χ4n) is 7.36. The number of furan rings is 1. The minimum Gasteiger partial charge on any atom is -0.456 e. The van der Waals surface area contributed by atoms with Gasteiger partial charge in [0.2, 0.25) is 0 Å². The van der Waals surface area contributed by atoms with E-state index >= 15 is 0 Å². The number of nitrogens with zero attached hydrogens (tertiary/aromatic N) is 3. The summed E-state index contributed by atoms with van der Waals surface area (Å²) in [7, 11) is 0. The van der Waals surface area contributed by atoms with Gasteiger partial charge >= 0.3 is 0 Å². The molecular formula is C47H29N3O. The molecule has 0 amide bonds. The fraction of sp³-hybridized carbons (Fsp3) is 0. The summed E-state index contributed by atoms with van der Waals surface area (Å²) in [6.07, 6.45) is 0. The van der Waals surface area contributed by atoms with E-state index in [-0.39, 0.29) is 0 Å². The van der Waals surface area contributed by atoms with Crippen LogP contribution in [0.2, 0.25) is 0 Å². The molecule has 10 rings (SSSR count). The Bertz CT molecular complexity index is 2910. The molecule has 0 N–H and O–H groups in total. The normalized spacial score (nSPS) is 11.5. The zero-order valence-corrected chi connectivity index (χ0v) is 27.5. The van der Waals surface area contributed by atoms with E-state index in [0.29, 0.717) is 17.5 Å². The Hall–Kier alpha value is -6.91. The second kappa shape index (κ2) is 11.9. The van der Waals surface area contributed by atoms with Gasteiger partial charge < -0.3 is 4.42 Å². The molecule has 0 saturated carbocycles. The summed E-state index contributed by atoms with van der Waals surface area (Å²) < 4.78 is 6.24. The Labute approximate surface area is 294 Å². The van der Waals surface area contributed by atoms with Crippen molar-refractivity contribution in [3.8, 4) is 56.4 Å². The Morgan fingerprint density at radius 3 is 1.67 bits per heavy atom. The molecule has 0 radical (unpaired) electrons. The molecule has 0 aliphatic rings. The van der Waals surface area contributed by atoms with Crippen LogP contribution in [0.25, 0.3) is 99.9 Å². The average Bonchev–Trinajstić information content (AvgIpc) is 3.59. The zero-order valence-electron chi connectivity index (χ0n) is 27.5. The molecule has 0 saturated heterocycles. The van der Waals surface area contributed by atoms with Crippen LogP contribution in [-0.4, -0.2) is 15.0 Å². The van der Waals surface area contributed by atoms with E-state index < -0.39 is 0 Å². The highest BCUT2D eigenvalue weighted by molar-refractivity contribution is 6.12. The highest BCUT2D eigenvalue weighted by Crippen LogP contribution is 2.40. The van der Waals surface area contributed by atoms with E-state index in [2.05, 4.69) is 115 Å². The standard InChI is InChI=1S/C47H29N3O/c1-3-13-30(14-4-1)34-19-10-22-36-35(34)21-11-23-37(36)38-20-9-17-31-27-28-33(29-41(31)38)46-48-45(32-15-5-2-6-16-32)49-47(50-46)40-24-12-26-43-44(40)39-18-7-8-25-42(39)51-43/h1-29H. The number of para-hydroxylation sites is 1. The van der Waals surface area contributed by atoms with Gasteiger partial charge in [0.25, 0.3) is 0 Å². The van der Waals surface area contributed by atoms with Crippen LogP contribution >= 0.6 is 0 Å². The van der Waals surface area contributed by atoms with Crippen molar-refractivity contribution in [2.24, 2.45) is 0 Å². The lowest BCUT2D eigenvalue weighted by molar-refractivity contribution is 0.669. The lowest BCUT2D eigenvalue weighted by atomic mass is 9.90. The van der Waals surface area contributed by atoms with Crippen molar-refractivity contribution in [1.29, 1.82) is 0 Å². The molecular weight excluding hydrogens is 623 g/mol. The molecule has 0 aliphatic heterocycles. The summed E-state index contributed by atoms with van der Waals surface area (Å²) in [5.74, 6) is 1.84. The number of hydrogen-bond acceptors (Lipinski definition) is 4. The van der Waals surface area contributed by atoms with Crippen LogP contribution in [0.1, 0.15) is 0 Å². The van der Waals surface area contributed by atoms with Crippen LogP contribution in [0.5, 0.6) is 0 Å². The first-order chi connectivity index (χ1) is 25.3. The Morgan fingerprint density at radius 2 is 0.863 bits per heavy atom. The predicted octanol–water partition coefficient (Wildman–Crippen LogP) is 12.4. The summed E-state index contributed by atoms with van der Waals surface area (Å²) in [5, 5.41) is 6.76. The molecule has 0 unspecified atom stereocenters. The molecule has 0 fully saturated rings. The van der Waals surface area contributed by atoms with Crippen LogP contribution in [0.15, 0.2) is 180 Å². The molecule has 4 nitrogen and oxygen atoms in total. The van der Waals surface area contributed by atoms with Gasteiger partial charge in [-0.3, -0.25) is 0 Å². The average molecular weight is 652 g/mol. The Kier molecular flexibility index (Phi) is 6.78. The first kappa shape index (κ1) is 29.0. The maximum Gasteiger partial charge on any atom is 0.164 e. The highest BCUT2D eigenvalue weighted by atomic mass is 16.3. The van der Waals surface area contributed by atoms with E-state index in [9.17, 15) is 0 Å². The molecule has 2 aromatic heterocycles. The zero-order chi connectivity index (χ0) is 33.7. The number of benzene rings is 8. The van der Waals surface area contributed by atoms with Crippen molar-refractivity contribution in [3.05, 3.63) is 176 Å². The van der Waals surface area contributed by atoms with Crippen LogP contribution in [-0.2, 0) is 0 Å². The van der Waals surface area contributed by atoms with Crippen LogP contribution in [0, 0.1) is 0 Å². The molecule has 10 aromatic rings. The summed E-state index contributed by atoms with van der Waals surface area (Å²) >= 11 is 0. The summed E-state index contributed by atoms with van der Waals surface area (Å²) in [6.45, 7) is 0. The van der Waals surface area contributed by atoms with Crippen molar-refractivity contribution in [1.82, 2.24) is 15.0 Å². The maximum absolute atomic E-state index is 6.24. The van der Waals surface area contributed by atoms with Gasteiger partial charge in [-0.2, -0.15) is 0 Å². The highest BCUT2D eigenvalue weighted by Gasteiger charge is 2.18. The molecule has 4 heteroatoms. The molecule has 238 valence electrons. The third-order valence-corrected chi connectivity index (χ3v) is 9.75. The van der Waals surface area contributed by atoms with Gasteiger partial charge in [-0.25, -0.2) is 15.0 Å².